The molecule has 0 spiro atoms. The Morgan fingerprint density at radius 2 is 1.82 bits per heavy atom. The Hall–Kier alpha value is -0.170. The van der Waals surface area contributed by atoms with Gasteiger partial charge in [-0.05, 0) is 25.3 Å². The van der Waals surface area contributed by atoms with Gasteiger partial charge in [0.25, 0.3) is 10.2 Å². The van der Waals surface area contributed by atoms with E-state index in [0.717, 1.165) is 6.42 Å². The summed E-state index contributed by atoms with van der Waals surface area (Å²) in [5.41, 5.74) is 0. The van der Waals surface area contributed by atoms with Crippen molar-refractivity contribution in [2.45, 2.75) is 20.3 Å². The summed E-state index contributed by atoms with van der Waals surface area (Å²) in [6.45, 7) is 6.72. The summed E-state index contributed by atoms with van der Waals surface area (Å²) in [5.74, 6) is 0.900. The maximum Gasteiger partial charge on any atom is 0.281 e. The maximum atomic E-state index is 12.3. The van der Waals surface area contributed by atoms with Gasteiger partial charge in [-0.25, -0.2) is 0 Å². The number of nitrogens with zero attached hydrogens (tertiary/aromatic N) is 2. The zero-order valence-corrected chi connectivity index (χ0v) is 12.1. The smallest absolute Gasteiger partial charge is 0.281 e. The van der Waals surface area contributed by atoms with Crippen molar-refractivity contribution in [2.24, 2.45) is 11.8 Å². The van der Waals surface area contributed by atoms with Crippen LogP contribution in [-0.2, 0) is 10.2 Å². The van der Waals surface area contributed by atoms with Gasteiger partial charge < -0.3 is 5.32 Å². The minimum absolute atomic E-state index is 0.450. The molecule has 1 rings (SSSR count). The van der Waals surface area contributed by atoms with Gasteiger partial charge in [-0.2, -0.15) is 17.0 Å². The van der Waals surface area contributed by atoms with Crippen molar-refractivity contribution in [3.8, 4) is 0 Å². The summed E-state index contributed by atoms with van der Waals surface area (Å²) >= 11 is 0. The summed E-state index contributed by atoms with van der Waals surface area (Å²) in [4.78, 5) is 0. The van der Waals surface area contributed by atoms with E-state index in [1.165, 1.54) is 4.31 Å². The fourth-order valence-corrected chi connectivity index (χ4v) is 3.98. The van der Waals surface area contributed by atoms with Gasteiger partial charge in [0.05, 0.1) is 0 Å². The fourth-order valence-electron chi connectivity index (χ4n) is 2.38. The number of hydrogen-bond donors (Lipinski definition) is 1. The zero-order chi connectivity index (χ0) is 13.1. The summed E-state index contributed by atoms with van der Waals surface area (Å²) in [7, 11) is 0.201. The largest absolute Gasteiger partial charge is 0.318 e. The summed E-state index contributed by atoms with van der Waals surface area (Å²) < 4.78 is 27.7. The predicted octanol–water partition coefficient (Wildman–Crippen LogP) is 0.360. The standard InChI is InChI=1S/C11H25N3O2S/c1-10-7-11(2)9-14(8-10)17(15,16)13(4)6-5-12-3/h10-12H,5-9H2,1-4H3. The molecule has 1 fully saturated rings. The van der Waals surface area contributed by atoms with Crippen LogP contribution in [0.25, 0.3) is 0 Å². The molecule has 0 aromatic heterocycles. The second kappa shape index (κ2) is 6.13. The lowest BCUT2D eigenvalue weighted by molar-refractivity contribution is 0.212. The summed E-state index contributed by atoms with van der Waals surface area (Å²) in [6.07, 6.45) is 1.12. The summed E-state index contributed by atoms with van der Waals surface area (Å²) in [5, 5.41) is 2.97. The van der Waals surface area contributed by atoms with Crippen molar-refractivity contribution in [2.75, 3.05) is 40.3 Å². The third-order valence-electron chi connectivity index (χ3n) is 3.23. The molecule has 6 heteroatoms. The molecule has 1 N–H and O–H groups in total. The van der Waals surface area contributed by atoms with E-state index in [-0.39, 0.29) is 0 Å². The Morgan fingerprint density at radius 1 is 1.29 bits per heavy atom. The van der Waals surface area contributed by atoms with E-state index < -0.39 is 10.2 Å². The molecule has 2 unspecified atom stereocenters. The average Bonchev–Trinajstić information content (AvgIpc) is 2.24. The summed E-state index contributed by atoms with van der Waals surface area (Å²) in [6, 6.07) is 0. The molecule has 2 atom stereocenters. The molecule has 0 aromatic rings. The minimum atomic E-state index is -3.27. The zero-order valence-electron chi connectivity index (χ0n) is 11.3. The van der Waals surface area contributed by atoms with E-state index in [0.29, 0.717) is 38.0 Å². The number of likely N-dealkylation sites (N-methyl/N-ethyl adjacent to an activating group) is 2. The van der Waals surface area contributed by atoms with Crippen LogP contribution in [0.5, 0.6) is 0 Å². The maximum absolute atomic E-state index is 12.3. The van der Waals surface area contributed by atoms with Gasteiger partial charge in [-0.3, -0.25) is 0 Å². The third kappa shape index (κ3) is 3.91. The van der Waals surface area contributed by atoms with Crippen LogP contribution in [-0.4, -0.2) is 57.3 Å². The first-order valence-corrected chi connectivity index (χ1v) is 7.63. The van der Waals surface area contributed by atoms with Crippen molar-refractivity contribution in [3.05, 3.63) is 0 Å². The number of nitrogens with one attached hydrogen (secondary N) is 1. The Bertz CT molecular complexity index is 322. The number of rotatable bonds is 5. The van der Waals surface area contributed by atoms with Gasteiger partial charge in [0.2, 0.25) is 0 Å². The van der Waals surface area contributed by atoms with Crippen LogP contribution in [0.3, 0.4) is 0 Å². The molecule has 0 aliphatic carbocycles. The minimum Gasteiger partial charge on any atom is -0.318 e. The first kappa shape index (κ1) is 14.9. The van der Waals surface area contributed by atoms with Crippen LogP contribution in [0.1, 0.15) is 20.3 Å². The number of hydrogen-bond acceptors (Lipinski definition) is 3. The highest BCUT2D eigenvalue weighted by Crippen LogP contribution is 2.24. The van der Waals surface area contributed by atoms with Crippen molar-refractivity contribution >= 4 is 10.2 Å². The van der Waals surface area contributed by atoms with Gasteiger partial charge in [0.15, 0.2) is 0 Å². The molecule has 0 aromatic carbocycles. The molecule has 1 aliphatic heterocycles. The number of piperidine rings is 1. The highest BCUT2D eigenvalue weighted by atomic mass is 32.2. The van der Waals surface area contributed by atoms with Crippen molar-refractivity contribution in [1.29, 1.82) is 0 Å². The molecular weight excluding hydrogens is 238 g/mol. The van der Waals surface area contributed by atoms with Gasteiger partial charge in [-0.1, -0.05) is 13.8 Å². The lowest BCUT2D eigenvalue weighted by atomic mass is 9.94. The molecule has 17 heavy (non-hydrogen) atoms. The monoisotopic (exact) mass is 263 g/mol. The van der Waals surface area contributed by atoms with E-state index in [4.69, 9.17) is 0 Å². The predicted molar refractivity (Wildman–Crippen MR) is 70.0 cm³/mol. The lowest BCUT2D eigenvalue weighted by Crippen LogP contribution is -2.49. The van der Waals surface area contributed by atoms with E-state index in [1.807, 2.05) is 7.05 Å². The van der Waals surface area contributed by atoms with Gasteiger partial charge in [0.1, 0.15) is 0 Å². The molecule has 5 nitrogen and oxygen atoms in total. The first-order valence-electron chi connectivity index (χ1n) is 6.24. The fraction of sp³-hybridized carbons (Fsp3) is 1.00. The SMILES string of the molecule is CNCCN(C)S(=O)(=O)N1CC(C)CC(C)C1. The Morgan fingerprint density at radius 3 is 2.29 bits per heavy atom. The van der Waals surface area contributed by atoms with Gasteiger partial charge in [0, 0.05) is 33.2 Å². The van der Waals surface area contributed by atoms with Crippen molar-refractivity contribution < 1.29 is 8.42 Å². The van der Waals surface area contributed by atoms with Gasteiger partial charge >= 0.3 is 0 Å². The molecule has 0 bridgehead atoms. The van der Waals surface area contributed by atoms with E-state index in [9.17, 15) is 8.42 Å². The second-order valence-electron chi connectivity index (χ2n) is 5.20. The van der Waals surface area contributed by atoms with Crippen LogP contribution in [0, 0.1) is 11.8 Å². The molecule has 0 radical (unpaired) electrons. The highest BCUT2D eigenvalue weighted by molar-refractivity contribution is 7.86. The van der Waals surface area contributed by atoms with E-state index >= 15 is 0 Å². The molecule has 1 heterocycles. The van der Waals surface area contributed by atoms with Gasteiger partial charge in [-0.15, -0.1) is 0 Å². The van der Waals surface area contributed by atoms with Crippen molar-refractivity contribution in [1.82, 2.24) is 13.9 Å². The van der Waals surface area contributed by atoms with Crippen LogP contribution in [0.15, 0.2) is 0 Å². The normalized spacial score (nSPS) is 27.6. The molecule has 1 saturated heterocycles. The molecule has 0 saturated carbocycles. The molecule has 1 aliphatic rings. The lowest BCUT2D eigenvalue weighted by Gasteiger charge is -2.36. The average molecular weight is 263 g/mol. The van der Waals surface area contributed by atoms with Crippen LogP contribution < -0.4 is 5.32 Å². The van der Waals surface area contributed by atoms with E-state index in [2.05, 4.69) is 19.2 Å². The highest BCUT2D eigenvalue weighted by Gasteiger charge is 2.32. The topological polar surface area (TPSA) is 52.7 Å². The second-order valence-corrected chi connectivity index (χ2v) is 7.23. The van der Waals surface area contributed by atoms with Crippen LogP contribution >= 0.6 is 0 Å². The Labute approximate surface area is 105 Å². The molecule has 0 amide bonds. The van der Waals surface area contributed by atoms with Crippen LogP contribution in [0.4, 0.5) is 0 Å². The van der Waals surface area contributed by atoms with Crippen LogP contribution in [0.2, 0.25) is 0 Å². The Kier molecular flexibility index (Phi) is 5.37. The Balaban J connectivity index is 2.68. The third-order valence-corrected chi connectivity index (χ3v) is 5.15. The van der Waals surface area contributed by atoms with E-state index in [1.54, 1.807) is 11.4 Å². The molecular formula is C11H25N3O2S. The quantitative estimate of drug-likeness (QED) is 0.779. The van der Waals surface area contributed by atoms with Crippen molar-refractivity contribution in [3.63, 3.8) is 0 Å². The molecule has 102 valence electrons. The first-order chi connectivity index (χ1) is 7.87.